The van der Waals surface area contributed by atoms with E-state index in [9.17, 15) is 0 Å². The Hall–Kier alpha value is -0.0400. The lowest BCUT2D eigenvalue weighted by molar-refractivity contribution is 0.206. The van der Waals surface area contributed by atoms with E-state index in [-0.39, 0.29) is 0 Å². The zero-order chi connectivity index (χ0) is 8.69. The molecule has 0 aromatic carbocycles. The van der Waals surface area contributed by atoms with E-state index in [0.717, 1.165) is 5.92 Å². The van der Waals surface area contributed by atoms with Crippen LogP contribution in [0.15, 0.2) is 0 Å². The summed E-state index contributed by atoms with van der Waals surface area (Å²) in [6.07, 6.45) is 4.24. The Balaban J connectivity index is 0.000000461. The maximum absolute atomic E-state index is 2.44. The highest BCUT2D eigenvalue weighted by Gasteiger charge is 2.14. The summed E-state index contributed by atoms with van der Waals surface area (Å²) in [5, 5.41) is 0. The smallest absolute Gasteiger partial charge is 0.000651 e. The highest BCUT2D eigenvalue weighted by atomic mass is 15.1. The Bertz CT molecular complexity index is 80.9. The lowest BCUT2D eigenvalue weighted by Crippen LogP contribution is -2.31. The summed E-state index contributed by atoms with van der Waals surface area (Å²) in [4.78, 5) is 2.44. The molecule has 68 valence electrons. The second kappa shape index (κ2) is 6.66. The molecule has 1 atom stereocenters. The van der Waals surface area contributed by atoms with Crippen LogP contribution < -0.4 is 0 Å². The molecule has 1 rings (SSSR count). The van der Waals surface area contributed by atoms with Gasteiger partial charge in [0, 0.05) is 6.54 Å². The van der Waals surface area contributed by atoms with E-state index in [0.29, 0.717) is 0 Å². The zero-order valence-corrected chi connectivity index (χ0v) is 8.56. The summed E-state index contributed by atoms with van der Waals surface area (Å²) in [5.41, 5.74) is 0. The normalized spacial score (nSPS) is 25.6. The van der Waals surface area contributed by atoms with Gasteiger partial charge in [0.15, 0.2) is 0 Å². The average Bonchev–Trinajstić information content (AvgIpc) is 2.08. The van der Waals surface area contributed by atoms with Gasteiger partial charge in [-0.25, -0.2) is 0 Å². The Morgan fingerprint density at radius 3 is 2.36 bits per heavy atom. The van der Waals surface area contributed by atoms with Crippen LogP contribution in [-0.4, -0.2) is 25.0 Å². The molecule has 1 heteroatoms. The average molecular weight is 157 g/mol. The molecule has 1 heterocycles. The molecule has 0 N–H and O–H groups in total. The van der Waals surface area contributed by atoms with Crippen molar-refractivity contribution in [2.24, 2.45) is 5.92 Å². The molecule has 1 aliphatic rings. The molecule has 1 fully saturated rings. The molecule has 0 aliphatic carbocycles. The summed E-state index contributed by atoms with van der Waals surface area (Å²) in [7, 11) is 2.22. The Kier molecular flexibility index (Phi) is 6.63. The predicted molar refractivity (Wildman–Crippen MR) is 51.9 cm³/mol. The largest absolute Gasteiger partial charge is 0.306 e. The van der Waals surface area contributed by atoms with E-state index in [4.69, 9.17) is 0 Å². The molecule has 0 aromatic rings. The van der Waals surface area contributed by atoms with Gasteiger partial charge in [-0.3, -0.25) is 0 Å². The van der Waals surface area contributed by atoms with Crippen LogP contribution >= 0.6 is 0 Å². The van der Waals surface area contributed by atoms with Gasteiger partial charge in [-0.15, -0.1) is 0 Å². The predicted octanol–water partition coefficient (Wildman–Crippen LogP) is 2.76. The first-order chi connectivity index (χ1) is 5.33. The van der Waals surface area contributed by atoms with Crippen LogP contribution in [0, 0.1) is 5.92 Å². The number of hydrogen-bond acceptors (Lipinski definition) is 1. The molecule has 0 unspecified atom stereocenters. The number of likely N-dealkylation sites (tertiary alicyclic amines) is 1. The molecular formula is C10H23N. The van der Waals surface area contributed by atoms with Gasteiger partial charge in [0.1, 0.15) is 0 Å². The quantitative estimate of drug-likeness (QED) is 0.565. The molecule has 0 bridgehead atoms. The monoisotopic (exact) mass is 157 g/mol. The maximum Gasteiger partial charge on any atom is 0.000651 e. The van der Waals surface area contributed by atoms with E-state index in [1.807, 2.05) is 13.8 Å². The van der Waals surface area contributed by atoms with E-state index in [2.05, 4.69) is 18.9 Å². The van der Waals surface area contributed by atoms with Gasteiger partial charge in [-0.2, -0.15) is 0 Å². The van der Waals surface area contributed by atoms with Crippen LogP contribution in [0.2, 0.25) is 0 Å². The first kappa shape index (κ1) is 11.0. The van der Waals surface area contributed by atoms with Crippen LogP contribution in [0.4, 0.5) is 0 Å². The second-order valence-corrected chi connectivity index (χ2v) is 3.18. The summed E-state index contributed by atoms with van der Waals surface area (Å²) < 4.78 is 0. The van der Waals surface area contributed by atoms with Gasteiger partial charge in [-0.1, -0.05) is 27.2 Å². The van der Waals surface area contributed by atoms with Crippen LogP contribution in [0.1, 0.15) is 40.0 Å². The summed E-state index contributed by atoms with van der Waals surface area (Å²) in [6.45, 7) is 8.94. The van der Waals surface area contributed by atoms with Crippen molar-refractivity contribution in [2.75, 3.05) is 20.1 Å². The van der Waals surface area contributed by atoms with Gasteiger partial charge in [0.25, 0.3) is 0 Å². The summed E-state index contributed by atoms with van der Waals surface area (Å²) in [6, 6.07) is 0. The Morgan fingerprint density at radius 2 is 2.00 bits per heavy atom. The number of piperidine rings is 1. The van der Waals surface area contributed by atoms with Gasteiger partial charge in [0.2, 0.25) is 0 Å². The highest BCUT2D eigenvalue weighted by Crippen LogP contribution is 2.17. The molecule has 1 saturated heterocycles. The minimum atomic E-state index is 0.990. The molecule has 0 aromatic heterocycles. The van der Waals surface area contributed by atoms with Crippen molar-refractivity contribution in [1.82, 2.24) is 4.90 Å². The third-order valence-corrected chi connectivity index (χ3v) is 2.30. The van der Waals surface area contributed by atoms with Crippen molar-refractivity contribution >= 4 is 0 Å². The fourth-order valence-corrected chi connectivity index (χ4v) is 1.61. The van der Waals surface area contributed by atoms with Gasteiger partial charge < -0.3 is 4.90 Å². The maximum atomic E-state index is 2.44. The standard InChI is InChI=1S/C8H17N.C2H6/c1-3-8-5-4-6-9(2)7-8;1-2/h8H,3-7H2,1-2H3;1-2H3/t8-;/m1./s1. The molecule has 0 radical (unpaired) electrons. The van der Waals surface area contributed by atoms with Gasteiger partial charge in [0.05, 0.1) is 0 Å². The van der Waals surface area contributed by atoms with Crippen molar-refractivity contribution in [3.05, 3.63) is 0 Å². The van der Waals surface area contributed by atoms with Crippen molar-refractivity contribution in [2.45, 2.75) is 40.0 Å². The molecular weight excluding hydrogens is 134 g/mol. The summed E-state index contributed by atoms with van der Waals surface area (Å²) in [5.74, 6) is 0.990. The SMILES string of the molecule is CC.CC[C@@H]1CCCN(C)C1. The minimum Gasteiger partial charge on any atom is -0.306 e. The van der Waals surface area contributed by atoms with Crippen molar-refractivity contribution in [1.29, 1.82) is 0 Å². The van der Waals surface area contributed by atoms with Crippen LogP contribution in [0.3, 0.4) is 0 Å². The number of nitrogens with zero attached hydrogens (tertiary/aromatic N) is 1. The van der Waals surface area contributed by atoms with Crippen molar-refractivity contribution in [3.63, 3.8) is 0 Å². The minimum absolute atomic E-state index is 0.990. The van der Waals surface area contributed by atoms with Crippen molar-refractivity contribution < 1.29 is 0 Å². The lowest BCUT2D eigenvalue weighted by atomic mass is 9.96. The van der Waals surface area contributed by atoms with Crippen LogP contribution in [0.5, 0.6) is 0 Å². The van der Waals surface area contributed by atoms with Crippen LogP contribution in [-0.2, 0) is 0 Å². The van der Waals surface area contributed by atoms with E-state index in [1.54, 1.807) is 0 Å². The summed E-state index contributed by atoms with van der Waals surface area (Å²) >= 11 is 0. The van der Waals surface area contributed by atoms with E-state index >= 15 is 0 Å². The highest BCUT2D eigenvalue weighted by molar-refractivity contribution is 4.68. The number of rotatable bonds is 1. The first-order valence-electron chi connectivity index (χ1n) is 5.01. The molecule has 1 nitrogen and oxygen atoms in total. The molecule has 11 heavy (non-hydrogen) atoms. The molecule has 0 spiro atoms. The molecule has 0 saturated carbocycles. The fourth-order valence-electron chi connectivity index (χ4n) is 1.61. The fraction of sp³-hybridized carbons (Fsp3) is 1.00. The lowest BCUT2D eigenvalue weighted by Gasteiger charge is -2.28. The Morgan fingerprint density at radius 1 is 1.36 bits per heavy atom. The van der Waals surface area contributed by atoms with E-state index in [1.165, 1.54) is 32.4 Å². The third kappa shape index (κ3) is 4.41. The second-order valence-electron chi connectivity index (χ2n) is 3.18. The molecule has 0 amide bonds. The topological polar surface area (TPSA) is 3.24 Å². The van der Waals surface area contributed by atoms with Gasteiger partial charge >= 0.3 is 0 Å². The van der Waals surface area contributed by atoms with Crippen LogP contribution in [0.25, 0.3) is 0 Å². The Labute approximate surface area is 71.8 Å². The van der Waals surface area contributed by atoms with Gasteiger partial charge in [-0.05, 0) is 32.4 Å². The molecule has 1 aliphatic heterocycles. The van der Waals surface area contributed by atoms with E-state index < -0.39 is 0 Å². The first-order valence-corrected chi connectivity index (χ1v) is 5.01. The third-order valence-electron chi connectivity index (χ3n) is 2.30. The zero-order valence-electron chi connectivity index (χ0n) is 8.56. The van der Waals surface area contributed by atoms with Crippen molar-refractivity contribution in [3.8, 4) is 0 Å². The number of hydrogen-bond donors (Lipinski definition) is 0.